The highest BCUT2D eigenvalue weighted by molar-refractivity contribution is 5.77. The molecule has 0 spiro atoms. The molecule has 4 nitrogen and oxygen atoms in total. The molecule has 0 aromatic heterocycles. The maximum absolute atomic E-state index is 5.66. The first kappa shape index (κ1) is 13.5. The van der Waals surface area contributed by atoms with Crippen LogP contribution >= 0.6 is 0 Å². The number of benzene rings is 1. The number of hydrogen-bond donors (Lipinski definition) is 1. The fraction of sp³-hybridized carbons (Fsp3) is 0.462. The minimum atomic E-state index is 0.563. The van der Waals surface area contributed by atoms with Gasteiger partial charge < -0.3 is 15.4 Å². The number of aliphatic imine (C=N–C) groups is 1. The Hall–Kier alpha value is -1.55. The first-order valence-corrected chi connectivity index (χ1v) is 5.79. The molecule has 0 unspecified atom stereocenters. The fourth-order valence-electron chi connectivity index (χ4n) is 1.45. The lowest BCUT2D eigenvalue weighted by Gasteiger charge is -2.17. The molecular formula is C13H21N3O. The van der Waals surface area contributed by atoms with Gasteiger partial charge in [-0.15, -0.1) is 0 Å². The molecule has 1 rings (SSSR count). The zero-order chi connectivity index (χ0) is 12.5. The van der Waals surface area contributed by atoms with E-state index in [0.717, 1.165) is 19.6 Å². The van der Waals surface area contributed by atoms with Gasteiger partial charge in [0.1, 0.15) is 0 Å². The highest BCUT2D eigenvalue weighted by Crippen LogP contribution is 2.00. The van der Waals surface area contributed by atoms with Gasteiger partial charge in [0.25, 0.3) is 0 Å². The molecule has 1 aromatic rings. The van der Waals surface area contributed by atoms with E-state index in [1.165, 1.54) is 5.56 Å². The molecule has 0 aliphatic rings. The van der Waals surface area contributed by atoms with Crippen LogP contribution in [0.4, 0.5) is 0 Å². The van der Waals surface area contributed by atoms with E-state index in [0.29, 0.717) is 12.6 Å². The van der Waals surface area contributed by atoms with Crippen LogP contribution < -0.4 is 5.73 Å². The fourth-order valence-corrected chi connectivity index (χ4v) is 1.45. The Morgan fingerprint density at radius 2 is 2.06 bits per heavy atom. The van der Waals surface area contributed by atoms with Crippen molar-refractivity contribution in [3.8, 4) is 0 Å². The lowest BCUT2D eigenvalue weighted by Crippen LogP contribution is -2.34. The van der Waals surface area contributed by atoms with E-state index in [-0.39, 0.29) is 0 Å². The van der Waals surface area contributed by atoms with Crippen LogP contribution in [0.5, 0.6) is 0 Å². The SMILES string of the molecule is CN=C(N)N(C)CCCOCc1ccccc1. The summed E-state index contributed by atoms with van der Waals surface area (Å²) in [5.74, 6) is 0.563. The van der Waals surface area contributed by atoms with Crippen LogP contribution in [0, 0.1) is 0 Å². The van der Waals surface area contributed by atoms with Gasteiger partial charge in [0.2, 0.25) is 0 Å². The van der Waals surface area contributed by atoms with Crippen LogP contribution in [-0.2, 0) is 11.3 Å². The maximum atomic E-state index is 5.66. The summed E-state index contributed by atoms with van der Waals surface area (Å²) in [5.41, 5.74) is 6.86. The third-order valence-electron chi connectivity index (χ3n) is 2.51. The van der Waals surface area contributed by atoms with Crippen molar-refractivity contribution in [3.63, 3.8) is 0 Å². The number of hydrogen-bond acceptors (Lipinski definition) is 2. The Morgan fingerprint density at radius 1 is 1.35 bits per heavy atom. The largest absolute Gasteiger partial charge is 0.377 e. The van der Waals surface area contributed by atoms with E-state index in [1.807, 2.05) is 30.1 Å². The third-order valence-corrected chi connectivity index (χ3v) is 2.51. The quantitative estimate of drug-likeness (QED) is 0.461. The van der Waals surface area contributed by atoms with Gasteiger partial charge in [-0.2, -0.15) is 0 Å². The lowest BCUT2D eigenvalue weighted by atomic mass is 10.2. The Bertz CT molecular complexity index is 338. The predicted molar refractivity (Wildman–Crippen MR) is 70.9 cm³/mol. The topological polar surface area (TPSA) is 50.8 Å². The third kappa shape index (κ3) is 5.36. The van der Waals surface area contributed by atoms with Gasteiger partial charge in [-0.3, -0.25) is 4.99 Å². The second-order valence-corrected chi connectivity index (χ2v) is 3.90. The van der Waals surface area contributed by atoms with E-state index < -0.39 is 0 Å². The Kier molecular flexibility index (Phi) is 6.10. The van der Waals surface area contributed by atoms with Crippen molar-refractivity contribution in [2.45, 2.75) is 13.0 Å². The minimum absolute atomic E-state index is 0.563. The standard InChI is InChI=1S/C13H21N3O/c1-15-13(14)16(2)9-6-10-17-11-12-7-4-3-5-8-12/h3-5,7-8H,6,9-11H2,1-2H3,(H2,14,15). The average Bonchev–Trinajstić information content (AvgIpc) is 2.38. The zero-order valence-electron chi connectivity index (χ0n) is 10.6. The maximum Gasteiger partial charge on any atom is 0.190 e. The molecule has 0 saturated heterocycles. The van der Waals surface area contributed by atoms with E-state index in [2.05, 4.69) is 17.1 Å². The van der Waals surface area contributed by atoms with Crippen molar-refractivity contribution in [1.82, 2.24) is 4.90 Å². The van der Waals surface area contributed by atoms with Crippen molar-refractivity contribution < 1.29 is 4.74 Å². The zero-order valence-corrected chi connectivity index (χ0v) is 10.6. The summed E-state index contributed by atoms with van der Waals surface area (Å²) in [6, 6.07) is 10.2. The van der Waals surface area contributed by atoms with Crippen molar-refractivity contribution in [1.29, 1.82) is 0 Å². The van der Waals surface area contributed by atoms with Gasteiger partial charge in [0.05, 0.1) is 6.61 Å². The van der Waals surface area contributed by atoms with Crippen LogP contribution in [0.15, 0.2) is 35.3 Å². The van der Waals surface area contributed by atoms with Gasteiger partial charge in [-0.1, -0.05) is 30.3 Å². The molecule has 0 atom stereocenters. The van der Waals surface area contributed by atoms with Crippen LogP contribution in [0.25, 0.3) is 0 Å². The van der Waals surface area contributed by atoms with Crippen molar-refractivity contribution >= 4 is 5.96 Å². The summed E-state index contributed by atoms with van der Waals surface area (Å²) in [7, 11) is 3.62. The molecule has 0 heterocycles. The normalized spacial score (nSPS) is 11.5. The molecule has 17 heavy (non-hydrogen) atoms. The molecule has 0 saturated carbocycles. The number of nitrogens with two attached hydrogens (primary N) is 1. The molecule has 0 amide bonds. The first-order chi connectivity index (χ1) is 8.24. The molecule has 0 fully saturated rings. The molecule has 0 aliphatic carbocycles. The summed E-state index contributed by atoms with van der Waals surface area (Å²) in [4.78, 5) is 5.84. The summed E-state index contributed by atoms with van der Waals surface area (Å²) >= 11 is 0. The molecule has 2 N–H and O–H groups in total. The van der Waals surface area contributed by atoms with Gasteiger partial charge in [-0.25, -0.2) is 0 Å². The second kappa shape index (κ2) is 7.68. The van der Waals surface area contributed by atoms with Crippen LogP contribution in [0.3, 0.4) is 0 Å². The van der Waals surface area contributed by atoms with E-state index in [4.69, 9.17) is 10.5 Å². The Labute approximate surface area is 103 Å². The second-order valence-electron chi connectivity index (χ2n) is 3.90. The summed E-state index contributed by atoms with van der Waals surface area (Å²) in [6.07, 6.45) is 0.944. The van der Waals surface area contributed by atoms with Crippen LogP contribution in [0.2, 0.25) is 0 Å². The molecule has 0 bridgehead atoms. The molecular weight excluding hydrogens is 214 g/mol. The van der Waals surface area contributed by atoms with Crippen molar-refractivity contribution in [2.75, 3.05) is 27.2 Å². The summed E-state index contributed by atoms with van der Waals surface area (Å²) < 4.78 is 5.58. The van der Waals surface area contributed by atoms with Crippen LogP contribution in [0.1, 0.15) is 12.0 Å². The van der Waals surface area contributed by atoms with Gasteiger partial charge in [0, 0.05) is 27.2 Å². The minimum Gasteiger partial charge on any atom is -0.377 e. The predicted octanol–water partition coefficient (Wildman–Crippen LogP) is 1.47. The molecule has 1 aromatic carbocycles. The van der Waals surface area contributed by atoms with Crippen molar-refractivity contribution in [2.24, 2.45) is 10.7 Å². The monoisotopic (exact) mass is 235 g/mol. The lowest BCUT2D eigenvalue weighted by molar-refractivity contribution is 0.115. The van der Waals surface area contributed by atoms with Crippen LogP contribution in [-0.4, -0.2) is 38.1 Å². The van der Waals surface area contributed by atoms with E-state index >= 15 is 0 Å². The van der Waals surface area contributed by atoms with Gasteiger partial charge >= 0.3 is 0 Å². The first-order valence-electron chi connectivity index (χ1n) is 5.79. The highest BCUT2D eigenvalue weighted by atomic mass is 16.5. The average molecular weight is 235 g/mol. The summed E-state index contributed by atoms with van der Waals surface area (Å²) in [6.45, 7) is 2.26. The number of ether oxygens (including phenoxy) is 1. The number of nitrogens with zero attached hydrogens (tertiary/aromatic N) is 2. The molecule has 94 valence electrons. The molecule has 0 radical (unpaired) electrons. The van der Waals surface area contributed by atoms with E-state index in [1.54, 1.807) is 7.05 Å². The van der Waals surface area contributed by atoms with Crippen molar-refractivity contribution in [3.05, 3.63) is 35.9 Å². The molecule has 0 aliphatic heterocycles. The van der Waals surface area contributed by atoms with Gasteiger partial charge in [0.15, 0.2) is 5.96 Å². The highest BCUT2D eigenvalue weighted by Gasteiger charge is 1.99. The Balaban J connectivity index is 2.09. The van der Waals surface area contributed by atoms with E-state index in [9.17, 15) is 0 Å². The Morgan fingerprint density at radius 3 is 2.71 bits per heavy atom. The van der Waals surface area contributed by atoms with Gasteiger partial charge in [-0.05, 0) is 12.0 Å². The number of rotatable bonds is 6. The number of guanidine groups is 1. The summed E-state index contributed by atoms with van der Waals surface area (Å²) in [5, 5.41) is 0. The smallest absolute Gasteiger partial charge is 0.190 e. The molecule has 4 heteroatoms.